The van der Waals surface area contributed by atoms with Gasteiger partial charge in [-0.3, -0.25) is 0 Å². The zero-order valence-corrected chi connectivity index (χ0v) is 9.80. The highest BCUT2D eigenvalue weighted by Crippen LogP contribution is 2.22. The molecule has 0 aromatic carbocycles. The molecule has 0 atom stereocenters. The summed E-state index contributed by atoms with van der Waals surface area (Å²) in [6.45, 7) is -0.562. The van der Waals surface area contributed by atoms with Crippen molar-refractivity contribution in [3.8, 4) is 0 Å². The number of halogens is 3. The van der Waals surface area contributed by atoms with Gasteiger partial charge in [0, 0.05) is 15.9 Å². The molecule has 0 aliphatic carbocycles. The quantitative estimate of drug-likeness (QED) is 0.870. The van der Waals surface area contributed by atoms with Gasteiger partial charge in [-0.15, -0.1) is 11.3 Å². The van der Waals surface area contributed by atoms with Crippen LogP contribution in [0.3, 0.4) is 0 Å². The Morgan fingerprint density at radius 2 is 2.29 bits per heavy atom. The lowest BCUT2D eigenvalue weighted by Crippen LogP contribution is -2.38. The Morgan fingerprint density at radius 3 is 2.79 bits per heavy atom. The molecular formula is C8H11BrF2N2S. The van der Waals surface area contributed by atoms with Crippen LogP contribution in [0.4, 0.5) is 8.78 Å². The third-order valence-corrected chi connectivity index (χ3v) is 3.59. The molecule has 14 heavy (non-hydrogen) atoms. The molecule has 0 bridgehead atoms. The fourth-order valence-corrected chi connectivity index (χ4v) is 2.34. The lowest BCUT2D eigenvalue weighted by molar-refractivity contribution is 0.0116. The van der Waals surface area contributed by atoms with Crippen LogP contribution in [0.2, 0.25) is 0 Å². The number of nitrogens with one attached hydrogen (secondary N) is 1. The maximum absolute atomic E-state index is 12.7. The van der Waals surface area contributed by atoms with Gasteiger partial charge < -0.3 is 11.1 Å². The summed E-state index contributed by atoms with van der Waals surface area (Å²) in [5.41, 5.74) is 4.90. The van der Waals surface area contributed by atoms with E-state index in [-0.39, 0.29) is 6.54 Å². The SMILES string of the molecule is NCC(F)(F)CNCc1sccc1Br. The van der Waals surface area contributed by atoms with Gasteiger partial charge in [-0.1, -0.05) is 0 Å². The first kappa shape index (κ1) is 12.0. The lowest BCUT2D eigenvalue weighted by atomic mass is 10.3. The zero-order valence-electron chi connectivity index (χ0n) is 7.40. The molecule has 80 valence electrons. The summed E-state index contributed by atoms with van der Waals surface area (Å²) in [5.74, 6) is -2.82. The molecule has 0 unspecified atom stereocenters. The summed E-state index contributed by atoms with van der Waals surface area (Å²) >= 11 is 4.84. The lowest BCUT2D eigenvalue weighted by Gasteiger charge is -2.14. The molecular weight excluding hydrogens is 274 g/mol. The molecule has 1 rings (SSSR count). The van der Waals surface area contributed by atoms with Crippen molar-refractivity contribution in [2.24, 2.45) is 5.73 Å². The first-order valence-corrected chi connectivity index (χ1v) is 5.73. The van der Waals surface area contributed by atoms with Crippen LogP contribution in [0, 0.1) is 0 Å². The van der Waals surface area contributed by atoms with Crippen molar-refractivity contribution in [3.63, 3.8) is 0 Å². The normalized spacial score (nSPS) is 12.0. The highest BCUT2D eigenvalue weighted by atomic mass is 79.9. The van der Waals surface area contributed by atoms with E-state index in [0.29, 0.717) is 6.54 Å². The Labute approximate surface area is 93.6 Å². The molecule has 3 N–H and O–H groups in total. The van der Waals surface area contributed by atoms with Crippen molar-refractivity contribution in [2.45, 2.75) is 12.5 Å². The Morgan fingerprint density at radius 1 is 1.57 bits per heavy atom. The van der Waals surface area contributed by atoms with Crippen LogP contribution < -0.4 is 11.1 Å². The fourth-order valence-electron chi connectivity index (χ4n) is 0.882. The fraction of sp³-hybridized carbons (Fsp3) is 0.500. The first-order valence-electron chi connectivity index (χ1n) is 4.05. The van der Waals surface area contributed by atoms with Crippen molar-refractivity contribution in [1.82, 2.24) is 5.32 Å². The molecule has 0 aliphatic rings. The van der Waals surface area contributed by atoms with Gasteiger partial charge in [-0.2, -0.15) is 0 Å². The highest BCUT2D eigenvalue weighted by molar-refractivity contribution is 9.10. The summed E-state index contributed by atoms with van der Waals surface area (Å²) in [7, 11) is 0. The summed E-state index contributed by atoms with van der Waals surface area (Å²) < 4.78 is 26.3. The van der Waals surface area contributed by atoms with E-state index in [2.05, 4.69) is 21.2 Å². The number of alkyl halides is 2. The average molecular weight is 285 g/mol. The standard InChI is InChI=1S/C8H11BrF2N2S/c9-6-1-2-14-7(6)3-13-5-8(10,11)4-12/h1-2,13H,3-5,12H2. The van der Waals surface area contributed by atoms with E-state index in [1.807, 2.05) is 11.4 Å². The van der Waals surface area contributed by atoms with Gasteiger partial charge in [0.2, 0.25) is 0 Å². The number of hydrogen-bond acceptors (Lipinski definition) is 3. The van der Waals surface area contributed by atoms with Crippen molar-refractivity contribution in [3.05, 3.63) is 20.8 Å². The van der Waals surface area contributed by atoms with E-state index in [1.54, 1.807) is 0 Å². The van der Waals surface area contributed by atoms with E-state index in [4.69, 9.17) is 5.73 Å². The molecule has 1 aromatic rings. The van der Waals surface area contributed by atoms with Gasteiger partial charge >= 0.3 is 0 Å². The van der Waals surface area contributed by atoms with Crippen LogP contribution in [0.25, 0.3) is 0 Å². The highest BCUT2D eigenvalue weighted by Gasteiger charge is 2.25. The van der Waals surface area contributed by atoms with E-state index in [0.717, 1.165) is 9.35 Å². The maximum Gasteiger partial charge on any atom is 0.272 e. The number of rotatable bonds is 5. The minimum absolute atomic E-state index is 0.381. The van der Waals surface area contributed by atoms with Gasteiger partial charge in [0.25, 0.3) is 5.92 Å². The third kappa shape index (κ3) is 3.61. The van der Waals surface area contributed by atoms with Gasteiger partial charge in [-0.05, 0) is 27.4 Å². The molecule has 0 saturated carbocycles. The minimum Gasteiger partial charge on any atom is -0.325 e. The Kier molecular flexibility index (Phi) is 4.43. The van der Waals surface area contributed by atoms with Crippen LogP contribution in [0.5, 0.6) is 0 Å². The van der Waals surface area contributed by atoms with Crippen LogP contribution >= 0.6 is 27.3 Å². The average Bonchev–Trinajstić information content (AvgIpc) is 2.52. The number of hydrogen-bond donors (Lipinski definition) is 2. The number of nitrogens with two attached hydrogens (primary N) is 1. The predicted octanol–water partition coefficient (Wildman–Crippen LogP) is 2.19. The van der Waals surface area contributed by atoms with Crippen LogP contribution in [0.15, 0.2) is 15.9 Å². The zero-order chi connectivity index (χ0) is 10.6. The second-order valence-corrected chi connectivity index (χ2v) is 4.71. The Bertz CT molecular complexity index is 291. The van der Waals surface area contributed by atoms with Crippen molar-refractivity contribution in [2.75, 3.05) is 13.1 Å². The molecule has 1 heterocycles. The van der Waals surface area contributed by atoms with E-state index in [1.165, 1.54) is 11.3 Å². The summed E-state index contributed by atoms with van der Waals surface area (Å²) in [6, 6.07) is 1.89. The van der Waals surface area contributed by atoms with Gasteiger partial charge in [0.05, 0.1) is 13.1 Å². The molecule has 6 heteroatoms. The number of thiophene rings is 1. The van der Waals surface area contributed by atoms with Crippen molar-refractivity contribution < 1.29 is 8.78 Å². The Balaban J connectivity index is 2.32. The molecule has 2 nitrogen and oxygen atoms in total. The van der Waals surface area contributed by atoms with Crippen LogP contribution in [0.1, 0.15) is 4.88 Å². The smallest absolute Gasteiger partial charge is 0.272 e. The van der Waals surface area contributed by atoms with Gasteiger partial charge in [0.1, 0.15) is 0 Å². The minimum atomic E-state index is -2.82. The molecule has 1 aromatic heterocycles. The molecule has 0 amide bonds. The van der Waals surface area contributed by atoms with Gasteiger partial charge in [-0.25, -0.2) is 8.78 Å². The summed E-state index contributed by atoms with van der Waals surface area (Å²) in [5, 5.41) is 4.58. The second kappa shape index (κ2) is 5.16. The van der Waals surface area contributed by atoms with E-state index >= 15 is 0 Å². The molecule has 0 spiro atoms. The molecule has 0 aliphatic heterocycles. The first-order chi connectivity index (χ1) is 6.55. The molecule has 0 radical (unpaired) electrons. The topological polar surface area (TPSA) is 38.0 Å². The van der Waals surface area contributed by atoms with Gasteiger partial charge in [0.15, 0.2) is 0 Å². The second-order valence-electron chi connectivity index (χ2n) is 2.86. The molecule has 0 fully saturated rings. The van der Waals surface area contributed by atoms with E-state index < -0.39 is 12.5 Å². The summed E-state index contributed by atoms with van der Waals surface area (Å²) in [4.78, 5) is 1.01. The van der Waals surface area contributed by atoms with E-state index in [9.17, 15) is 8.78 Å². The largest absolute Gasteiger partial charge is 0.325 e. The predicted molar refractivity (Wildman–Crippen MR) is 57.7 cm³/mol. The van der Waals surface area contributed by atoms with Crippen LogP contribution in [-0.4, -0.2) is 19.0 Å². The third-order valence-electron chi connectivity index (χ3n) is 1.66. The maximum atomic E-state index is 12.7. The Hall–Kier alpha value is -0.0400. The summed E-state index contributed by atoms with van der Waals surface area (Å²) in [6.07, 6.45) is 0. The van der Waals surface area contributed by atoms with Crippen molar-refractivity contribution >= 4 is 27.3 Å². The van der Waals surface area contributed by atoms with Crippen LogP contribution in [-0.2, 0) is 6.54 Å². The monoisotopic (exact) mass is 284 g/mol. The molecule has 0 saturated heterocycles. The van der Waals surface area contributed by atoms with Crippen molar-refractivity contribution in [1.29, 1.82) is 0 Å².